The highest BCUT2D eigenvalue weighted by atomic mass is 32.1. The zero-order chi connectivity index (χ0) is 22.5. The summed E-state index contributed by atoms with van der Waals surface area (Å²) in [5.41, 5.74) is 3.20. The maximum absolute atomic E-state index is 13.1. The van der Waals surface area contributed by atoms with Gasteiger partial charge in [0.25, 0.3) is 5.91 Å². The van der Waals surface area contributed by atoms with E-state index in [9.17, 15) is 4.79 Å². The summed E-state index contributed by atoms with van der Waals surface area (Å²) < 4.78 is 11.4. The van der Waals surface area contributed by atoms with E-state index in [2.05, 4.69) is 5.32 Å². The zero-order valence-electron chi connectivity index (χ0n) is 17.9. The fourth-order valence-corrected chi connectivity index (χ4v) is 3.98. The molecule has 3 aromatic carbocycles. The largest absolute Gasteiger partial charge is 0.496 e. The molecule has 0 spiro atoms. The topological polar surface area (TPSA) is 50.8 Å². The quantitative estimate of drug-likeness (QED) is 0.406. The van der Waals surface area contributed by atoms with Crippen molar-refractivity contribution in [2.45, 2.75) is 19.6 Å². The molecule has 162 valence electrons. The lowest BCUT2D eigenvalue weighted by Crippen LogP contribution is -2.33. The van der Waals surface area contributed by atoms with E-state index in [-0.39, 0.29) is 11.9 Å². The van der Waals surface area contributed by atoms with E-state index < -0.39 is 0 Å². The van der Waals surface area contributed by atoms with Crippen molar-refractivity contribution < 1.29 is 14.3 Å². The normalized spacial score (nSPS) is 15.6. The monoisotopic (exact) mass is 444 g/mol. The van der Waals surface area contributed by atoms with Crippen LogP contribution >= 0.6 is 12.2 Å². The molecule has 1 saturated heterocycles. The highest BCUT2D eigenvalue weighted by Crippen LogP contribution is 2.28. The maximum atomic E-state index is 13.1. The predicted molar refractivity (Wildman–Crippen MR) is 129 cm³/mol. The lowest BCUT2D eigenvalue weighted by Gasteiger charge is -2.23. The number of ether oxygens (including phenoxy) is 2. The Kier molecular flexibility index (Phi) is 6.52. The van der Waals surface area contributed by atoms with Crippen molar-refractivity contribution in [1.82, 2.24) is 10.2 Å². The Morgan fingerprint density at radius 2 is 1.72 bits per heavy atom. The Morgan fingerprint density at radius 1 is 1.03 bits per heavy atom. The van der Waals surface area contributed by atoms with Gasteiger partial charge in [-0.1, -0.05) is 54.6 Å². The third-order valence-electron chi connectivity index (χ3n) is 5.33. The Labute approximate surface area is 193 Å². The van der Waals surface area contributed by atoms with Gasteiger partial charge in [0.2, 0.25) is 0 Å². The van der Waals surface area contributed by atoms with Crippen LogP contribution in [0.5, 0.6) is 11.5 Å². The van der Waals surface area contributed by atoms with Gasteiger partial charge in [-0.2, -0.15) is 0 Å². The first-order valence-corrected chi connectivity index (χ1v) is 10.7. The van der Waals surface area contributed by atoms with Crippen molar-refractivity contribution in [1.29, 1.82) is 0 Å². The number of amides is 1. The van der Waals surface area contributed by atoms with Crippen LogP contribution in [0.4, 0.5) is 0 Å². The van der Waals surface area contributed by atoms with E-state index in [0.717, 1.165) is 28.2 Å². The number of thiocarbonyl (C=S) groups is 1. The molecule has 0 aliphatic carbocycles. The molecule has 1 heterocycles. The summed E-state index contributed by atoms with van der Waals surface area (Å²) in [5, 5.41) is 3.47. The molecule has 0 radical (unpaired) electrons. The molecule has 0 aromatic heterocycles. The van der Waals surface area contributed by atoms with Crippen LogP contribution in [0.3, 0.4) is 0 Å². The van der Waals surface area contributed by atoms with Crippen molar-refractivity contribution >= 4 is 29.3 Å². The Bertz CT molecular complexity index is 1150. The fourth-order valence-electron chi connectivity index (χ4n) is 3.63. The van der Waals surface area contributed by atoms with E-state index in [1.165, 1.54) is 0 Å². The lowest BCUT2D eigenvalue weighted by atomic mass is 10.1. The summed E-state index contributed by atoms with van der Waals surface area (Å²) in [5.74, 6) is 1.36. The van der Waals surface area contributed by atoms with E-state index in [4.69, 9.17) is 21.7 Å². The molecule has 1 aliphatic heterocycles. The second-order valence-electron chi connectivity index (χ2n) is 7.42. The van der Waals surface area contributed by atoms with E-state index in [1.807, 2.05) is 85.8 Å². The number of hydrogen-bond acceptors (Lipinski definition) is 4. The molecule has 1 amide bonds. The highest BCUT2D eigenvalue weighted by Gasteiger charge is 2.34. The molecule has 6 heteroatoms. The van der Waals surface area contributed by atoms with Crippen LogP contribution < -0.4 is 14.8 Å². The average Bonchev–Trinajstić information content (AvgIpc) is 3.11. The molecule has 1 N–H and O–H groups in total. The molecule has 0 saturated carbocycles. The first-order chi connectivity index (χ1) is 15.6. The molecular formula is C26H24N2O3S. The number of para-hydroxylation sites is 1. The van der Waals surface area contributed by atoms with Gasteiger partial charge in [0.1, 0.15) is 23.8 Å². The van der Waals surface area contributed by atoms with Crippen LogP contribution in [-0.2, 0) is 11.4 Å². The summed E-state index contributed by atoms with van der Waals surface area (Å²) in [7, 11) is 1.63. The average molecular weight is 445 g/mol. The third-order valence-corrected chi connectivity index (χ3v) is 5.63. The molecule has 32 heavy (non-hydrogen) atoms. The van der Waals surface area contributed by atoms with Crippen LogP contribution in [0.15, 0.2) is 84.6 Å². The summed E-state index contributed by atoms with van der Waals surface area (Å²) in [4.78, 5) is 14.7. The summed E-state index contributed by atoms with van der Waals surface area (Å²) in [6, 6.07) is 25.0. The minimum atomic E-state index is -0.166. The van der Waals surface area contributed by atoms with Crippen LogP contribution in [0.25, 0.3) is 6.08 Å². The van der Waals surface area contributed by atoms with E-state index >= 15 is 0 Å². The Balaban J connectivity index is 1.55. The molecule has 4 rings (SSSR count). The van der Waals surface area contributed by atoms with Crippen molar-refractivity contribution in [2.24, 2.45) is 0 Å². The fraction of sp³-hybridized carbons (Fsp3) is 0.154. The number of benzene rings is 3. The Morgan fingerprint density at radius 3 is 2.41 bits per heavy atom. The first-order valence-electron chi connectivity index (χ1n) is 10.3. The molecule has 3 aromatic rings. The first kappa shape index (κ1) is 21.6. The van der Waals surface area contributed by atoms with Crippen LogP contribution in [0, 0.1) is 0 Å². The standard InChI is InChI=1S/C26H24N2O3S/c1-18(20-9-5-3-6-10-20)28-25(29)23(27-26(28)32)16-19-13-14-24(30-2)21(15-19)17-31-22-11-7-4-8-12-22/h3-16,18H,17H2,1-2H3,(H,27,32)/b23-16+. The Hall–Kier alpha value is -3.64. The zero-order valence-corrected chi connectivity index (χ0v) is 18.8. The number of carbonyl (C=O) groups excluding carboxylic acids is 1. The lowest BCUT2D eigenvalue weighted by molar-refractivity contribution is -0.123. The second kappa shape index (κ2) is 9.66. The van der Waals surface area contributed by atoms with Gasteiger partial charge < -0.3 is 14.8 Å². The molecule has 5 nitrogen and oxygen atoms in total. The molecular weight excluding hydrogens is 420 g/mol. The van der Waals surface area contributed by atoms with Gasteiger partial charge in [0.15, 0.2) is 5.11 Å². The van der Waals surface area contributed by atoms with Gasteiger partial charge in [-0.05, 0) is 60.6 Å². The molecule has 1 atom stereocenters. The molecule has 0 bridgehead atoms. The SMILES string of the molecule is COc1ccc(/C=C2/NC(=S)N(C(C)c3ccccc3)C2=O)cc1COc1ccccc1. The minimum absolute atomic E-state index is 0.149. The number of rotatable bonds is 7. The number of hydrogen-bond donors (Lipinski definition) is 1. The van der Waals surface area contributed by atoms with Gasteiger partial charge >= 0.3 is 0 Å². The smallest absolute Gasteiger partial charge is 0.277 e. The van der Waals surface area contributed by atoms with Gasteiger partial charge in [-0.15, -0.1) is 0 Å². The number of nitrogens with zero attached hydrogens (tertiary/aromatic N) is 1. The van der Waals surface area contributed by atoms with Gasteiger partial charge in [-0.3, -0.25) is 9.69 Å². The van der Waals surface area contributed by atoms with Crippen LogP contribution in [0.2, 0.25) is 0 Å². The van der Waals surface area contributed by atoms with E-state index in [0.29, 0.717) is 17.4 Å². The highest BCUT2D eigenvalue weighted by molar-refractivity contribution is 7.80. The van der Waals surface area contributed by atoms with Crippen molar-refractivity contribution in [3.8, 4) is 11.5 Å². The number of methoxy groups -OCH3 is 1. The molecule has 1 aliphatic rings. The maximum Gasteiger partial charge on any atom is 0.277 e. The van der Waals surface area contributed by atoms with Crippen molar-refractivity contribution in [2.75, 3.05) is 7.11 Å². The third kappa shape index (κ3) is 4.65. The molecule has 1 fully saturated rings. The number of nitrogens with one attached hydrogen (secondary N) is 1. The van der Waals surface area contributed by atoms with Crippen LogP contribution in [0.1, 0.15) is 29.7 Å². The van der Waals surface area contributed by atoms with E-state index in [1.54, 1.807) is 18.1 Å². The van der Waals surface area contributed by atoms with Gasteiger partial charge in [0, 0.05) is 5.56 Å². The van der Waals surface area contributed by atoms with Crippen molar-refractivity contribution in [3.63, 3.8) is 0 Å². The van der Waals surface area contributed by atoms with Crippen LogP contribution in [-0.4, -0.2) is 23.0 Å². The summed E-state index contributed by atoms with van der Waals surface area (Å²) >= 11 is 5.46. The molecule has 1 unspecified atom stereocenters. The summed E-state index contributed by atoms with van der Waals surface area (Å²) in [6.07, 6.45) is 1.80. The number of carbonyl (C=O) groups is 1. The van der Waals surface area contributed by atoms with Gasteiger partial charge in [-0.25, -0.2) is 0 Å². The summed E-state index contributed by atoms with van der Waals surface area (Å²) in [6.45, 7) is 2.32. The second-order valence-corrected chi connectivity index (χ2v) is 7.81. The van der Waals surface area contributed by atoms with Crippen molar-refractivity contribution in [3.05, 3.63) is 101 Å². The minimum Gasteiger partial charge on any atom is -0.496 e. The van der Waals surface area contributed by atoms with Gasteiger partial charge in [0.05, 0.1) is 13.2 Å². The predicted octanol–water partition coefficient (Wildman–Crippen LogP) is 5.09.